The van der Waals surface area contributed by atoms with Crippen LogP contribution in [0.5, 0.6) is 16.7 Å². The predicted molar refractivity (Wildman–Crippen MR) is 221 cm³/mol. The van der Waals surface area contributed by atoms with Crippen molar-refractivity contribution in [2.24, 2.45) is 0 Å². The van der Waals surface area contributed by atoms with Crippen LogP contribution in [0, 0.1) is 13.8 Å². The van der Waals surface area contributed by atoms with E-state index in [4.69, 9.17) is 46.9 Å². The van der Waals surface area contributed by atoms with E-state index in [2.05, 4.69) is 4.98 Å². The Kier molecular flexibility index (Phi) is 12.6. The number of piperazine rings is 1. The van der Waals surface area contributed by atoms with Crippen molar-refractivity contribution >= 4 is 58.2 Å². The summed E-state index contributed by atoms with van der Waals surface area (Å²) < 4.78 is 29.3. The second-order valence-electron chi connectivity index (χ2n) is 16.7. The predicted octanol–water partition coefficient (Wildman–Crippen LogP) is 9.11. The van der Waals surface area contributed by atoms with E-state index in [9.17, 15) is 9.59 Å². The SMILES string of the molecule is COc1cccc(CN(C(=O)C2=C(c3cnc(OCCOc4c(Cl)cc(C)cc4Cl)s3)CC3CN(C(=O)OC(C)(C)C)C[C@H]2N3C(=O)OC(C)(C)C)C2CC2)c1C. The van der Waals surface area contributed by atoms with Crippen molar-refractivity contribution in [2.45, 2.75) is 111 Å². The van der Waals surface area contributed by atoms with Gasteiger partial charge < -0.3 is 33.5 Å². The molecule has 0 spiro atoms. The van der Waals surface area contributed by atoms with E-state index in [0.29, 0.717) is 33.1 Å². The second-order valence-corrected chi connectivity index (χ2v) is 18.5. The lowest BCUT2D eigenvalue weighted by Gasteiger charge is -2.51. The first-order chi connectivity index (χ1) is 26.8. The van der Waals surface area contributed by atoms with Crippen LogP contribution in [0.1, 0.15) is 82.4 Å². The molecule has 2 aromatic carbocycles. The fourth-order valence-corrected chi connectivity index (χ4v) is 8.75. The van der Waals surface area contributed by atoms with Gasteiger partial charge in [0, 0.05) is 37.4 Å². The number of ether oxygens (including phenoxy) is 5. The maximum Gasteiger partial charge on any atom is 0.411 e. The van der Waals surface area contributed by atoms with Gasteiger partial charge in [-0.3, -0.25) is 9.69 Å². The molecule has 1 aromatic heterocycles. The van der Waals surface area contributed by atoms with Crippen LogP contribution in [0.15, 0.2) is 42.1 Å². The average molecular weight is 844 g/mol. The highest BCUT2D eigenvalue weighted by atomic mass is 35.5. The quantitative estimate of drug-likeness (QED) is 0.174. The Morgan fingerprint density at radius 2 is 1.58 bits per heavy atom. The molecule has 3 amide bonds. The molecule has 3 aliphatic rings. The minimum atomic E-state index is -0.834. The van der Waals surface area contributed by atoms with Gasteiger partial charge in [0.05, 0.1) is 34.1 Å². The van der Waals surface area contributed by atoms with Gasteiger partial charge in [0.2, 0.25) is 0 Å². The molecule has 1 saturated carbocycles. The van der Waals surface area contributed by atoms with Crippen LogP contribution < -0.4 is 14.2 Å². The third-order valence-electron chi connectivity index (χ3n) is 9.82. The summed E-state index contributed by atoms with van der Waals surface area (Å²) in [6, 6.07) is 8.04. The van der Waals surface area contributed by atoms with E-state index in [-0.39, 0.29) is 44.7 Å². The molecule has 3 aromatic rings. The molecule has 3 heterocycles. The molecular weight excluding hydrogens is 791 g/mol. The normalized spacial score (nSPS) is 18.3. The molecule has 6 rings (SSSR count). The van der Waals surface area contributed by atoms with Gasteiger partial charge in [-0.15, -0.1) is 0 Å². The van der Waals surface area contributed by atoms with Gasteiger partial charge in [0.1, 0.15) is 30.2 Å². The number of halogens is 2. The largest absolute Gasteiger partial charge is 0.496 e. The Labute approximate surface area is 348 Å². The fourth-order valence-electron chi connectivity index (χ4n) is 7.18. The lowest BCUT2D eigenvalue weighted by molar-refractivity contribution is -0.129. The number of carbonyl (C=O) groups is 3. The van der Waals surface area contributed by atoms with Crippen molar-refractivity contribution in [1.29, 1.82) is 0 Å². The number of benzene rings is 2. The van der Waals surface area contributed by atoms with Crippen molar-refractivity contribution in [3.63, 3.8) is 0 Å². The number of amides is 3. The van der Waals surface area contributed by atoms with E-state index >= 15 is 4.79 Å². The van der Waals surface area contributed by atoms with Gasteiger partial charge in [-0.2, -0.15) is 0 Å². The summed E-state index contributed by atoms with van der Waals surface area (Å²) in [5, 5.41) is 1.21. The molecule has 15 heteroatoms. The summed E-state index contributed by atoms with van der Waals surface area (Å²) >= 11 is 14.0. The highest BCUT2D eigenvalue weighted by Gasteiger charge is 2.51. The zero-order valence-corrected chi connectivity index (χ0v) is 36.4. The molecule has 1 saturated heterocycles. The Morgan fingerprint density at radius 1 is 0.930 bits per heavy atom. The molecule has 12 nitrogen and oxygen atoms in total. The second kappa shape index (κ2) is 17.0. The first kappa shape index (κ1) is 42.4. The van der Waals surface area contributed by atoms with Crippen LogP contribution in [-0.2, 0) is 20.8 Å². The number of carbonyl (C=O) groups excluding carboxylic acids is 3. The van der Waals surface area contributed by atoms with Crippen LogP contribution in [0.4, 0.5) is 9.59 Å². The van der Waals surface area contributed by atoms with E-state index in [1.54, 1.807) is 35.2 Å². The minimum absolute atomic E-state index is 0.00555. The van der Waals surface area contributed by atoms with E-state index in [1.165, 1.54) is 11.3 Å². The van der Waals surface area contributed by atoms with E-state index < -0.39 is 35.5 Å². The number of rotatable bonds is 11. The molecule has 0 N–H and O–H groups in total. The first-order valence-corrected chi connectivity index (χ1v) is 20.7. The van der Waals surface area contributed by atoms with Gasteiger partial charge >= 0.3 is 12.2 Å². The zero-order chi connectivity index (χ0) is 41.4. The molecule has 2 bridgehead atoms. The van der Waals surface area contributed by atoms with Crippen LogP contribution in [0.25, 0.3) is 5.57 Å². The smallest absolute Gasteiger partial charge is 0.411 e. The highest BCUT2D eigenvalue weighted by Crippen LogP contribution is 2.44. The summed E-state index contributed by atoms with van der Waals surface area (Å²) in [7, 11) is 1.63. The fraction of sp³-hybridized carbons (Fsp3) is 0.524. The molecule has 308 valence electrons. The maximum atomic E-state index is 15.4. The third kappa shape index (κ3) is 10.1. The summed E-state index contributed by atoms with van der Waals surface area (Å²) in [5.41, 5.74) is 2.46. The Balaban J connectivity index is 1.37. The molecule has 1 aliphatic carbocycles. The average Bonchev–Trinajstić information content (AvgIpc) is 3.84. The van der Waals surface area contributed by atoms with Crippen LogP contribution in [-0.4, -0.2) is 101 Å². The summed E-state index contributed by atoms with van der Waals surface area (Å²) in [5.74, 6) is 0.905. The topological polar surface area (TPSA) is 120 Å². The Morgan fingerprint density at radius 3 is 2.21 bits per heavy atom. The van der Waals surface area contributed by atoms with Gasteiger partial charge in [-0.05, 0) is 115 Å². The molecule has 2 atom stereocenters. The van der Waals surface area contributed by atoms with Crippen molar-refractivity contribution in [2.75, 3.05) is 33.4 Å². The summed E-state index contributed by atoms with van der Waals surface area (Å²) in [6.45, 7) is 15.6. The number of methoxy groups -OCH3 is 1. The number of aromatic nitrogens is 1. The number of thiazole rings is 1. The number of fused-ring (bicyclic) bond motifs is 2. The van der Waals surface area contributed by atoms with Crippen molar-refractivity contribution in [1.82, 2.24) is 19.7 Å². The molecule has 0 radical (unpaired) electrons. The number of nitrogens with zero attached hydrogens (tertiary/aromatic N) is 4. The molecular formula is C42H52Cl2N4O8S. The monoisotopic (exact) mass is 842 g/mol. The van der Waals surface area contributed by atoms with Crippen molar-refractivity contribution < 1.29 is 38.1 Å². The number of hydrogen-bond donors (Lipinski definition) is 0. The van der Waals surface area contributed by atoms with Crippen molar-refractivity contribution in [3.05, 3.63) is 73.7 Å². The Hall–Kier alpha value is -4.20. The van der Waals surface area contributed by atoms with E-state index in [1.807, 2.05) is 78.5 Å². The molecule has 1 unspecified atom stereocenters. The van der Waals surface area contributed by atoms with E-state index in [0.717, 1.165) is 45.7 Å². The van der Waals surface area contributed by atoms with Crippen LogP contribution in [0.2, 0.25) is 10.0 Å². The minimum Gasteiger partial charge on any atom is -0.496 e. The number of aryl methyl sites for hydroxylation is 1. The first-order valence-electron chi connectivity index (χ1n) is 19.2. The third-order valence-corrected chi connectivity index (χ3v) is 11.4. The van der Waals surface area contributed by atoms with Gasteiger partial charge in [0.15, 0.2) is 5.75 Å². The lowest BCUT2D eigenvalue weighted by atomic mass is 9.83. The molecule has 57 heavy (non-hydrogen) atoms. The standard InChI is InChI=1S/C42H52Cl2N4O8S/c1-24-17-30(43)36(31(44)18-24)53-15-16-54-38-45-20-34(57-38)29-19-28-22-46(39(50)55-41(3,4)5)23-32(48(28)40(51)56-42(6,7)8)35(29)37(49)47(27-13-14-27)21-26-11-10-12-33(52-9)25(26)2/h10-12,17-18,20,27-28,32H,13-16,19,21-23H2,1-9H3/t28?,32-/m1/s1. The van der Waals surface area contributed by atoms with Gasteiger partial charge in [-0.1, -0.05) is 46.7 Å². The highest BCUT2D eigenvalue weighted by molar-refractivity contribution is 7.14. The van der Waals surface area contributed by atoms with Crippen molar-refractivity contribution in [3.8, 4) is 16.7 Å². The number of hydrogen-bond acceptors (Lipinski definition) is 10. The zero-order valence-electron chi connectivity index (χ0n) is 34.1. The molecule has 2 fully saturated rings. The lowest BCUT2D eigenvalue weighted by Crippen LogP contribution is -2.66. The van der Waals surface area contributed by atoms with Gasteiger partial charge in [-0.25, -0.2) is 14.6 Å². The van der Waals surface area contributed by atoms with Crippen LogP contribution >= 0.6 is 34.5 Å². The van der Waals surface area contributed by atoms with Gasteiger partial charge in [0.25, 0.3) is 11.1 Å². The molecule has 2 aliphatic heterocycles. The summed E-state index contributed by atoms with van der Waals surface area (Å²) in [6.07, 6.45) is 2.62. The Bertz CT molecular complexity index is 2010. The summed E-state index contributed by atoms with van der Waals surface area (Å²) in [4.78, 5) is 53.6. The van der Waals surface area contributed by atoms with Crippen LogP contribution in [0.3, 0.4) is 0 Å². The maximum absolute atomic E-state index is 15.4.